The molecule has 5 nitrogen and oxygen atoms in total. The lowest BCUT2D eigenvalue weighted by Crippen LogP contribution is -2.33. The summed E-state index contributed by atoms with van der Waals surface area (Å²) < 4.78 is 16.8. The fourth-order valence-corrected chi connectivity index (χ4v) is 2.45. The predicted octanol–water partition coefficient (Wildman–Crippen LogP) is 1.83. The molecular formula is C12H16BrNO4. The van der Waals surface area contributed by atoms with Gasteiger partial charge in [-0.15, -0.1) is 0 Å². The number of hydrogen-bond acceptors (Lipinski definition) is 5. The maximum atomic E-state index is 10.2. The topological polar surface area (TPSA) is 60.0 Å². The van der Waals surface area contributed by atoms with Crippen molar-refractivity contribution >= 4 is 15.9 Å². The Balaban J connectivity index is 2.51. The van der Waals surface area contributed by atoms with Crippen LogP contribution in [0, 0.1) is 0 Å². The molecule has 1 aliphatic rings. The molecule has 100 valence electrons. The van der Waals surface area contributed by atoms with Crippen molar-refractivity contribution < 1.29 is 19.3 Å². The zero-order valence-corrected chi connectivity index (χ0v) is 11.9. The van der Waals surface area contributed by atoms with Crippen molar-refractivity contribution in [2.45, 2.75) is 6.10 Å². The van der Waals surface area contributed by atoms with Gasteiger partial charge in [0, 0.05) is 19.2 Å². The molecule has 1 aromatic carbocycles. The molecule has 0 radical (unpaired) electrons. The van der Waals surface area contributed by atoms with Crippen molar-refractivity contribution in [3.8, 4) is 17.2 Å². The highest BCUT2D eigenvalue weighted by Gasteiger charge is 2.27. The second kappa shape index (κ2) is 5.77. The van der Waals surface area contributed by atoms with Crippen molar-refractivity contribution in [1.29, 1.82) is 0 Å². The number of rotatable bonds is 3. The van der Waals surface area contributed by atoms with Crippen molar-refractivity contribution in [3.05, 3.63) is 16.1 Å². The molecule has 2 N–H and O–H groups in total. The minimum Gasteiger partial charge on any atom is -0.506 e. The van der Waals surface area contributed by atoms with Crippen LogP contribution in [0.5, 0.6) is 17.2 Å². The molecule has 1 unspecified atom stereocenters. The van der Waals surface area contributed by atoms with Gasteiger partial charge in [0.25, 0.3) is 0 Å². The highest BCUT2D eigenvalue weighted by atomic mass is 79.9. The summed E-state index contributed by atoms with van der Waals surface area (Å²) in [7, 11) is 3.11. The average molecular weight is 318 g/mol. The van der Waals surface area contributed by atoms with Gasteiger partial charge >= 0.3 is 0 Å². The van der Waals surface area contributed by atoms with Crippen LogP contribution in [-0.2, 0) is 4.74 Å². The van der Waals surface area contributed by atoms with Gasteiger partial charge in [0.2, 0.25) is 0 Å². The number of phenols is 1. The molecule has 1 aromatic rings. The number of nitrogens with one attached hydrogen (secondary N) is 1. The standard InChI is InChI=1S/C12H16BrNO4/c1-16-8-5-7(13)11(15)10(12(8)17-2)9-6-14-3-4-18-9/h5,9,14-15H,3-4,6H2,1-2H3. The normalized spacial score (nSPS) is 19.6. The Bertz CT molecular complexity index is 433. The van der Waals surface area contributed by atoms with Crippen LogP contribution >= 0.6 is 15.9 Å². The summed E-state index contributed by atoms with van der Waals surface area (Å²) in [5.74, 6) is 1.19. The third-order valence-electron chi connectivity index (χ3n) is 2.88. The van der Waals surface area contributed by atoms with E-state index < -0.39 is 0 Å². The second-order valence-electron chi connectivity index (χ2n) is 3.92. The highest BCUT2D eigenvalue weighted by Crippen LogP contribution is 2.46. The van der Waals surface area contributed by atoms with Gasteiger partial charge < -0.3 is 24.6 Å². The minimum atomic E-state index is -0.250. The van der Waals surface area contributed by atoms with E-state index >= 15 is 0 Å². The molecule has 0 aromatic heterocycles. The number of benzene rings is 1. The number of phenolic OH excluding ortho intramolecular Hbond substituents is 1. The zero-order valence-electron chi connectivity index (χ0n) is 10.3. The Morgan fingerprint density at radius 1 is 1.44 bits per heavy atom. The van der Waals surface area contributed by atoms with Crippen LogP contribution in [0.25, 0.3) is 0 Å². The van der Waals surface area contributed by atoms with Crippen LogP contribution in [-0.4, -0.2) is 39.0 Å². The van der Waals surface area contributed by atoms with Gasteiger partial charge in [-0.2, -0.15) is 0 Å². The third kappa shape index (κ3) is 2.41. The Kier molecular flexibility index (Phi) is 4.31. The highest BCUT2D eigenvalue weighted by molar-refractivity contribution is 9.10. The van der Waals surface area contributed by atoms with Gasteiger partial charge in [0.1, 0.15) is 11.9 Å². The SMILES string of the molecule is COc1cc(Br)c(O)c(C2CNCCO2)c1OC. The van der Waals surface area contributed by atoms with Crippen LogP contribution < -0.4 is 14.8 Å². The Morgan fingerprint density at radius 2 is 2.22 bits per heavy atom. The molecule has 0 saturated carbocycles. The molecule has 1 saturated heterocycles. The number of ether oxygens (including phenoxy) is 3. The second-order valence-corrected chi connectivity index (χ2v) is 4.77. The van der Waals surface area contributed by atoms with Crippen LogP contribution in [0.2, 0.25) is 0 Å². The lowest BCUT2D eigenvalue weighted by Gasteiger charge is -2.27. The van der Waals surface area contributed by atoms with E-state index in [4.69, 9.17) is 14.2 Å². The van der Waals surface area contributed by atoms with E-state index in [9.17, 15) is 5.11 Å². The smallest absolute Gasteiger partial charge is 0.170 e. The molecule has 1 aliphatic heterocycles. The van der Waals surface area contributed by atoms with Crippen LogP contribution in [0.3, 0.4) is 0 Å². The maximum absolute atomic E-state index is 10.2. The summed E-state index contributed by atoms with van der Waals surface area (Å²) in [6.07, 6.45) is -0.250. The first-order valence-corrected chi connectivity index (χ1v) is 6.44. The molecule has 1 fully saturated rings. The largest absolute Gasteiger partial charge is 0.506 e. The van der Waals surface area contributed by atoms with Crippen molar-refractivity contribution in [3.63, 3.8) is 0 Å². The first kappa shape index (κ1) is 13.5. The average Bonchev–Trinajstić information content (AvgIpc) is 2.42. The van der Waals surface area contributed by atoms with Gasteiger partial charge in [0.15, 0.2) is 11.5 Å². The van der Waals surface area contributed by atoms with Gasteiger partial charge in [-0.1, -0.05) is 0 Å². The first-order chi connectivity index (χ1) is 8.69. The summed E-state index contributed by atoms with van der Waals surface area (Å²) in [4.78, 5) is 0. The summed E-state index contributed by atoms with van der Waals surface area (Å²) in [5.41, 5.74) is 0.607. The molecule has 6 heteroatoms. The summed E-state index contributed by atoms with van der Waals surface area (Å²) >= 11 is 3.31. The fourth-order valence-electron chi connectivity index (χ4n) is 2.03. The van der Waals surface area contributed by atoms with Gasteiger partial charge in [-0.25, -0.2) is 0 Å². The van der Waals surface area contributed by atoms with Crippen LogP contribution in [0.4, 0.5) is 0 Å². The number of halogens is 1. The summed E-state index contributed by atoms with van der Waals surface area (Å²) in [5, 5.41) is 13.4. The first-order valence-electron chi connectivity index (χ1n) is 5.64. The van der Waals surface area contributed by atoms with E-state index in [1.54, 1.807) is 20.3 Å². The third-order valence-corrected chi connectivity index (χ3v) is 3.49. The van der Waals surface area contributed by atoms with E-state index in [-0.39, 0.29) is 11.9 Å². The molecule has 0 spiro atoms. The van der Waals surface area contributed by atoms with Crippen molar-refractivity contribution in [2.75, 3.05) is 33.9 Å². The van der Waals surface area contributed by atoms with Gasteiger partial charge in [-0.3, -0.25) is 0 Å². The molecule has 0 aliphatic carbocycles. The minimum absolute atomic E-state index is 0.126. The molecule has 1 heterocycles. The number of aromatic hydroxyl groups is 1. The molecule has 18 heavy (non-hydrogen) atoms. The van der Waals surface area contributed by atoms with E-state index in [1.165, 1.54) is 0 Å². The number of methoxy groups -OCH3 is 2. The van der Waals surface area contributed by atoms with E-state index in [1.807, 2.05) is 0 Å². The maximum Gasteiger partial charge on any atom is 0.170 e. The zero-order chi connectivity index (χ0) is 13.1. The van der Waals surface area contributed by atoms with Gasteiger partial charge in [0.05, 0.1) is 30.9 Å². The van der Waals surface area contributed by atoms with Crippen LogP contribution in [0.1, 0.15) is 11.7 Å². The molecule has 1 atom stereocenters. The quantitative estimate of drug-likeness (QED) is 0.890. The number of morpholine rings is 1. The van der Waals surface area contributed by atoms with Crippen LogP contribution in [0.15, 0.2) is 10.5 Å². The molecule has 0 amide bonds. The lowest BCUT2D eigenvalue weighted by atomic mass is 10.0. The Labute approximate surface area is 114 Å². The molecular weight excluding hydrogens is 302 g/mol. The Morgan fingerprint density at radius 3 is 2.78 bits per heavy atom. The summed E-state index contributed by atoms with van der Waals surface area (Å²) in [6.45, 7) is 2.04. The van der Waals surface area contributed by atoms with Gasteiger partial charge in [-0.05, 0) is 15.9 Å². The number of hydrogen-bond donors (Lipinski definition) is 2. The monoisotopic (exact) mass is 317 g/mol. The van der Waals surface area contributed by atoms with E-state index in [0.717, 1.165) is 6.54 Å². The molecule has 2 rings (SSSR count). The Hall–Kier alpha value is -0.980. The van der Waals surface area contributed by atoms with Crippen molar-refractivity contribution in [1.82, 2.24) is 5.32 Å². The molecule has 0 bridgehead atoms. The van der Waals surface area contributed by atoms with E-state index in [2.05, 4.69) is 21.2 Å². The fraction of sp³-hybridized carbons (Fsp3) is 0.500. The van der Waals surface area contributed by atoms with E-state index in [0.29, 0.717) is 34.7 Å². The van der Waals surface area contributed by atoms with Crippen molar-refractivity contribution in [2.24, 2.45) is 0 Å². The predicted molar refractivity (Wildman–Crippen MR) is 70.5 cm³/mol. The summed E-state index contributed by atoms with van der Waals surface area (Å²) in [6, 6.07) is 1.67. The lowest BCUT2D eigenvalue weighted by molar-refractivity contribution is 0.0245.